The smallest absolute Gasteiger partial charge is 0.303 e. The number of aliphatic carboxylic acids is 1. The van der Waals surface area contributed by atoms with Gasteiger partial charge in [0.1, 0.15) is 13.3 Å². The normalized spacial score (nSPS) is 20.7. The summed E-state index contributed by atoms with van der Waals surface area (Å²) in [5, 5.41) is 60.6. The van der Waals surface area contributed by atoms with E-state index in [2.05, 4.69) is 16.0 Å². The number of aromatic hydroxyl groups is 2. The molecule has 4 rings (SSSR count). The van der Waals surface area contributed by atoms with E-state index >= 15 is 0 Å². The Bertz CT molecular complexity index is 1500. The van der Waals surface area contributed by atoms with Gasteiger partial charge in [0, 0.05) is 25.6 Å². The summed E-state index contributed by atoms with van der Waals surface area (Å²) < 4.78 is 23.8. The van der Waals surface area contributed by atoms with Crippen LogP contribution in [0.5, 0.6) is 28.7 Å². The average Bonchev–Trinajstić information content (AvgIpc) is 3.08. The highest BCUT2D eigenvalue weighted by Gasteiger charge is 2.31. The molecule has 0 aromatic heterocycles. The molecule has 2 aliphatic rings. The van der Waals surface area contributed by atoms with Crippen LogP contribution >= 0.6 is 0 Å². The first-order valence-electron chi connectivity index (χ1n) is 17.5. The van der Waals surface area contributed by atoms with E-state index in [1.54, 1.807) is 31.2 Å². The first-order chi connectivity index (χ1) is 24.4. The van der Waals surface area contributed by atoms with E-state index in [1.807, 2.05) is 25.1 Å². The molecule has 0 saturated carbocycles. The summed E-state index contributed by atoms with van der Waals surface area (Å²) in [7, 11) is 1.44. The van der Waals surface area contributed by atoms with Crippen LogP contribution < -0.4 is 35.9 Å². The zero-order valence-electron chi connectivity index (χ0n) is 29.6. The minimum Gasteiger partial charge on any atom is -0.504 e. The molecule has 2 heterocycles. The van der Waals surface area contributed by atoms with Crippen molar-refractivity contribution in [2.45, 2.75) is 82.8 Å². The van der Waals surface area contributed by atoms with Gasteiger partial charge < -0.3 is 60.8 Å². The summed E-state index contributed by atoms with van der Waals surface area (Å²) in [5.74, 6) is -0.239. The Labute approximate surface area is 299 Å². The van der Waals surface area contributed by atoms with Crippen molar-refractivity contribution < 1.29 is 49.3 Å². The maximum absolute atomic E-state index is 11.9. The number of aliphatic hydroxyl groups excluding tert-OH is 2. The quantitative estimate of drug-likeness (QED) is 0.0712. The number of methoxy groups -OCH3 is 1. The van der Waals surface area contributed by atoms with E-state index in [0.29, 0.717) is 68.9 Å². The van der Waals surface area contributed by atoms with E-state index in [1.165, 1.54) is 7.11 Å². The number of ether oxygens (including phenoxy) is 4. The van der Waals surface area contributed by atoms with Gasteiger partial charge in [0.15, 0.2) is 23.0 Å². The van der Waals surface area contributed by atoms with E-state index < -0.39 is 24.3 Å². The number of hydrogen-bond donors (Lipinski definition) is 9. The van der Waals surface area contributed by atoms with Crippen LogP contribution in [0.3, 0.4) is 0 Å². The van der Waals surface area contributed by atoms with Gasteiger partial charge in [0.25, 0.3) is 0 Å². The fraction of sp³-hybridized carbons (Fsp3) is 0.541. The summed E-state index contributed by atoms with van der Waals surface area (Å²) in [5.41, 5.74) is 8.48. The van der Waals surface area contributed by atoms with Gasteiger partial charge in [-0.3, -0.25) is 10.1 Å². The molecule has 0 spiro atoms. The lowest BCUT2D eigenvalue weighted by Gasteiger charge is -2.34. The molecule has 0 amide bonds. The minimum absolute atomic E-state index is 0.0111. The maximum atomic E-state index is 11.9. The SMILES string of the molecule is CCN[C@H](COc1cc([C@@H]2C[C@@H](O)C[C@H](CCc3ccc(O)c(OCNC[C@H](C)O)c3)O2)cc(OC)c1O)[C@H](CC(=O)O)CC1=CCNC(N)=C1. The van der Waals surface area contributed by atoms with Crippen LogP contribution in [0.15, 0.2) is 53.9 Å². The molecular formula is C37H54N4O10. The van der Waals surface area contributed by atoms with E-state index in [9.17, 15) is 30.3 Å². The van der Waals surface area contributed by atoms with Crippen LogP contribution in [0, 0.1) is 5.92 Å². The number of carboxylic acids is 1. The summed E-state index contributed by atoms with van der Waals surface area (Å²) in [4.78, 5) is 11.9. The lowest BCUT2D eigenvalue weighted by atomic mass is 9.88. The second-order valence-electron chi connectivity index (χ2n) is 13.2. The van der Waals surface area contributed by atoms with Crippen molar-refractivity contribution in [3.63, 3.8) is 0 Å². The van der Waals surface area contributed by atoms with E-state index in [0.717, 1.165) is 11.1 Å². The number of carbonyl (C=O) groups is 1. The van der Waals surface area contributed by atoms with Gasteiger partial charge in [-0.15, -0.1) is 0 Å². The first-order valence-corrected chi connectivity index (χ1v) is 17.5. The van der Waals surface area contributed by atoms with E-state index in [-0.39, 0.29) is 60.8 Å². The summed E-state index contributed by atoms with van der Waals surface area (Å²) in [6.07, 6.45) is 4.22. The fourth-order valence-electron chi connectivity index (χ4n) is 6.44. The van der Waals surface area contributed by atoms with Gasteiger partial charge in [-0.05, 0) is 92.1 Å². The second kappa shape index (κ2) is 19.4. The number of phenols is 2. The van der Waals surface area contributed by atoms with Crippen molar-refractivity contribution in [2.75, 3.05) is 40.1 Å². The van der Waals surface area contributed by atoms with Crippen molar-refractivity contribution in [1.82, 2.24) is 16.0 Å². The molecule has 51 heavy (non-hydrogen) atoms. The van der Waals surface area contributed by atoms with Crippen LogP contribution in [0.1, 0.15) is 63.2 Å². The predicted octanol–water partition coefficient (Wildman–Crippen LogP) is 2.79. The highest BCUT2D eigenvalue weighted by atomic mass is 16.5. The number of likely N-dealkylation sites (N-methyl/N-ethyl adjacent to an activating group) is 1. The number of aliphatic hydroxyl groups is 2. The number of nitrogens with one attached hydrogen (secondary N) is 3. The zero-order chi connectivity index (χ0) is 36.9. The van der Waals surface area contributed by atoms with Gasteiger partial charge in [-0.25, -0.2) is 0 Å². The molecule has 2 aliphatic heterocycles. The molecule has 282 valence electrons. The molecule has 10 N–H and O–H groups in total. The molecule has 1 saturated heterocycles. The molecule has 0 bridgehead atoms. The Balaban J connectivity index is 1.45. The van der Waals surface area contributed by atoms with E-state index in [4.69, 9.17) is 24.7 Å². The number of hydrogen-bond acceptors (Lipinski definition) is 13. The number of aryl methyl sites for hydroxylation is 1. The topological polar surface area (TPSA) is 217 Å². The van der Waals surface area contributed by atoms with Crippen LogP contribution in [0.2, 0.25) is 0 Å². The van der Waals surface area contributed by atoms with Crippen molar-refractivity contribution in [1.29, 1.82) is 0 Å². The predicted molar refractivity (Wildman–Crippen MR) is 191 cm³/mol. The maximum Gasteiger partial charge on any atom is 0.303 e. The lowest BCUT2D eigenvalue weighted by Crippen LogP contribution is -2.42. The van der Waals surface area contributed by atoms with Crippen LogP contribution in [0.4, 0.5) is 0 Å². The molecule has 0 unspecified atom stereocenters. The Morgan fingerprint density at radius 3 is 2.63 bits per heavy atom. The molecule has 0 radical (unpaired) electrons. The van der Waals surface area contributed by atoms with Crippen molar-refractivity contribution in [3.8, 4) is 28.7 Å². The number of nitrogens with two attached hydrogens (primary N) is 1. The third-order valence-electron chi connectivity index (χ3n) is 8.98. The lowest BCUT2D eigenvalue weighted by molar-refractivity contribution is -0.138. The number of rotatable bonds is 20. The Kier molecular flexibility index (Phi) is 15.1. The first kappa shape index (κ1) is 39.6. The van der Waals surface area contributed by atoms with Crippen LogP contribution in [-0.2, 0) is 16.0 Å². The van der Waals surface area contributed by atoms with Crippen LogP contribution in [-0.4, -0.2) is 95.9 Å². The largest absolute Gasteiger partial charge is 0.504 e. The number of dihydropyridines is 1. The second-order valence-corrected chi connectivity index (χ2v) is 13.2. The van der Waals surface area contributed by atoms with Gasteiger partial charge in [0.05, 0.1) is 43.8 Å². The van der Waals surface area contributed by atoms with Gasteiger partial charge in [-0.2, -0.15) is 0 Å². The zero-order valence-corrected chi connectivity index (χ0v) is 29.6. The molecule has 2 aromatic rings. The van der Waals surface area contributed by atoms with Gasteiger partial charge >= 0.3 is 5.97 Å². The number of phenolic OH excluding ortho intramolecular Hbond substituents is 2. The molecule has 6 atom stereocenters. The third-order valence-corrected chi connectivity index (χ3v) is 8.98. The number of allylic oxidation sites excluding steroid dienone is 2. The summed E-state index contributed by atoms with van der Waals surface area (Å²) in [6.45, 7) is 5.30. The third kappa shape index (κ3) is 12.2. The minimum atomic E-state index is -0.927. The highest BCUT2D eigenvalue weighted by molar-refractivity contribution is 5.67. The summed E-state index contributed by atoms with van der Waals surface area (Å²) in [6, 6.07) is 8.14. The molecule has 2 aromatic carbocycles. The highest BCUT2D eigenvalue weighted by Crippen LogP contribution is 2.43. The molecule has 14 nitrogen and oxygen atoms in total. The Morgan fingerprint density at radius 2 is 1.92 bits per heavy atom. The molecule has 1 fully saturated rings. The Morgan fingerprint density at radius 1 is 1.14 bits per heavy atom. The van der Waals surface area contributed by atoms with Crippen molar-refractivity contribution in [2.24, 2.45) is 11.7 Å². The number of benzene rings is 2. The van der Waals surface area contributed by atoms with Gasteiger partial charge in [-0.1, -0.05) is 19.1 Å². The fourth-order valence-corrected chi connectivity index (χ4v) is 6.44. The summed E-state index contributed by atoms with van der Waals surface area (Å²) >= 11 is 0. The molecule has 14 heteroatoms. The average molecular weight is 715 g/mol. The van der Waals surface area contributed by atoms with Crippen molar-refractivity contribution >= 4 is 5.97 Å². The standard InChI is InChI=1S/C37H54N4O10/c1-4-40-29(25(16-36(45)46)11-24-9-10-41-35(38)13-24)20-49-34-15-26(14-33(48-3)37(34)47)31-18-27(43)17-28(51-31)7-5-23-6-8-30(44)32(12-23)50-21-39-19-22(2)42/h6,8-9,12-15,22,25,27-29,31,39-44,47H,4-5,7,10-11,16-21,38H2,1-3H3,(H,45,46)/t22-,25-,27-,28-,29+,31-/m0/s1. The number of carboxylic acid groups (broad SMARTS) is 1. The molecule has 0 aliphatic carbocycles. The van der Waals surface area contributed by atoms with Gasteiger partial charge in [0.2, 0.25) is 5.75 Å². The Hall–Kier alpha value is -4.21. The molecular weight excluding hydrogens is 660 g/mol. The monoisotopic (exact) mass is 714 g/mol. The van der Waals surface area contributed by atoms with Crippen LogP contribution in [0.25, 0.3) is 0 Å². The van der Waals surface area contributed by atoms with Crippen molar-refractivity contribution in [3.05, 3.63) is 65.0 Å².